The van der Waals surface area contributed by atoms with Crippen molar-refractivity contribution >= 4 is 38.8 Å². The fourth-order valence-electron chi connectivity index (χ4n) is 3.33. The van der Waals surface area contributed by atoms with Crippen LogP contribution in [-0.2, 0) is 12.8 Å². The summed E-state index contributed by atoms with van der Waals surface area (Å²) in [6.45, 7) is 2.02. The molecule has 0 spiro atoms. The number of hydrogen-bond acceptors (Lipinski definition) is 4. The molecular formula is C20H21N3OS. The number of anilines is 2. The Morgan fingerprint density at radius 3 is 2.72 bits per heavy atom. The highest BCUT2D eigenvalue weighted by Gasteiger charge is 2.20. The first-order valence-corrected chi connectivity index (χ1v) is 9.52. The second-order valence-electron chi connectivity index (χ2n) is 6.67. The zero-order valence-corrected chi connectivity index (χ0v) is 15.1. The zero-order valence-electron chi connectivity index (χ0n) is 14.3. The summed E-state index contributed by atoms with van der Waals surface area (Å²) in [7, 11) is 0. The number of fused-ring (bicyclic) bond motifs is 2. The molecule has 0 bridgehead atoms. The number of pyridine rings is 1. The number of nitrogen functional groups attached to an aromatic ring is 1. The molecule has 4 nitrogen and oxygen atoms in total. The Labute approximate surface area is 151 Å². The lowest BCUT2D eigenvalue weighted by Crippen LogP contribution is -2.11. The number of amides is 1. The van der Waals surface area contributed by atoms with Gasteiger partial charge in [-0.3, -0.25) is 4.79 Å². The van der Waals surface area contributed by atoms with Gasteiger partial charge in [0.15, 0.2) is 0 Å². The smallest absolute Gasteiger partial charge is 0.267 e. The average Bonchev–Trinajstić information content (AvgIpc) is 2.78. The minimum absolute atomic E-state index is 0.167. The number of rotatable bonds is 2. The maximum Gasteiger partial charge on any atom is 0.267 e. The molecule has 3 N–H and O–H groups in total. The van der Waals surface area contributed by atoms with E-state index in [1.54, 1.807) is 0 Å². The first-order chi connectivity index (χ1) is 12.1. The largest absolute Gasteiger partial charge is 0.397 e. The predicted molar refractivity (Wildman–Crippen MR) is 104 cm³/mol. The lowest BCUT2D eigenvalue weighted by molar-refractivity contribution is 0.103. The van der Waals surface area contributed by atoms with Crippen molar-refractivity contribution in [2.45, 2.75) is 39.0 Å². The van der Waals surface area contributed by atoms with Gasteiger partial charge in [0.1, 0.15) is 9.71 Å². The molecule has 3 aromatic rings. The van der Waals surface area contributed by atoms with E-state index in [0.717, 1.165) is 34.3 Å². The molecule has 5 heteroatoms. The fraction of sp³-hybridized carbons (Fsp3) is 0.300. The summed E-state index contributed by atoms with van der Waals surface area (Å²) in [5, 5.41) is 3.85. The van der Waals surface area contributed by atoms with Crippen molar-refractivity contribution in [2.75, 3.05) is 11.1 Å². The molecule has 0 saturated carbocycles. The van der Waals surface area contributed by atoms with Gasteiger partial charge in [0.2, 0.25) is 0 Å². The van der Waals surface area contributed by atoms with Crippen LogP contribution in [0.1, 0.15) is 45.8 Å². The van der Waals surface area contributed by atoms with Crippen LogP contribution in [0.15, 0.2) is 30.3 Å². The van der Waals surface area contributed by atoms with Crippen LogP contribution in [0.2, 0.25) is 0 Å². The number of thiophene rings is 1. The summed E-state index contributed by atoms with van der Waals surface area (Å²) in [4.78, 5) is 18.9. The molecule has 1 amide bonds. The van der Waals surface area contributed by atoms with Gasteiger partial charge in [-0.25, -0.2) is 4.98 Å². The SMILES string of the molecule is Cc1ccc(NC(=O)c2sc3nc4c(cc3c2N)CCCCC4)cc1. The predicted octanol–water partition coefficient (Wildman–Crippen LogP) is 4.71. The van der Waals surface area contributed by atoms with Crippen LogP contribution in [-0.4, -0.2) is 10.9 Å². The standard InChI is InChI=1S/C20H21N3OS/c1-12-7-9-14(10-8-12)22-19(24)18-17(21)15-11-13-5-3-2-4-6-16(13)23-20(15)25-18/h7-11H,2-6,21H2,1H3,(H,22,24). The number of benzene rings is 1. The number of hydrogen-bond donors (Lipinski definition) is 2. The number of nitrogens with two attached hydrogens (primary N) is 1. The molecule has 4 rings (SSSR count). The maximum absolute atomic E-state index is 12.7. The summed E-state index contributed by atoms with van der Waals surface area (Å²) in [6, 6.07) is 9.90. The topological polar surface area (TPSA) is 68.0 Å². The molecule has 2 heterocycles. The monoisotopic (exact) mass is 351 g/mol. The molecule has 0 fully saturated rings. The molecule has 2 aromatic heterocycles. The normalized spacial score (nSPS) is 14.1. The second kappa shape index (κ2) is 6.48. The van der Waals surface area contributed by atoms with E-state index in [4.69, 9.17) is 10.7 Å². The van der Waals surface area contributed by atoms with Gasteiger partial charge in [0.05, 0.1) is 5.69 Å². The summed E-state index contributed by atoms with van der Waals surface area (Å²) in [5.41, 5.74) is 11.2. The van der Waals surface area contributed by atoms with E-state index in [9.17, 15) is 4.79 Å². The molecule has 0 atom stereocenters. The van der Waals surface area contributed by atoms with E-state index in [2.05, 4.69) is 11.4 Å². The van der Waals surface area contributed by atoms with Crippen molar-refractivity contribution in [3.8, 4) is 0 Å². The summed E-state index contributed by atoms with van der Waals surface area (Å²) in [5.74, 6) is -0.167. The van der Waals surface area contributed by atoms with Crippen LogP contribution in [0.3, 0.4) is 0 Å². The van der Waals surface area contributed by atoms with Crippen molar-refractivity contribution in [3.63, 3.8) is 0 Å². The summed E-state index contributed by atoms with van der Waals surface area (Å²) >= 11 is 1.39. The lowest BCUT2D eigenvalue weighted by Gasteiger charge is -2.05. The Morgan fingerprint density at radius 2 is 1.92 bits per heavy atom. The Bertz CT molecular complexity index is 944. The third-order valence-electron chi connectivity index (χ3n) is 4.77. The van der Waals surface area contributed by atoms with Gasteiger partial charge < -0.3 is 11.1 Å². The molecule has 0 aliphatic heterocycles. The Hall–Kier alpha value is -2.40. The van der Waals surface area contributed by atoms with Crippen LogP contribution in [0.5, 0.6) is 0 Å². The van der Waals surface area contributed by atoms with Crippen molar-refractivity contribution in [3.05, 3.63) is 52.0 Å². The Balaban J connectivity index is 1.68. The minimum Gasteiger partial charge on any atom is -0.397 e. The van der Waals surface area contributed by atoms with Crippen molar-refractivity contribution in [1.29, 1.82) is 0 Å². The molecule has 1 aliphatic rings. The van der Waals surface area contributed by atoms with Gasteiger partial charge in [-0.1, -0.05) is 24.1 Å². The molecule has 1 aliphatic carbocycles. The minimum atomic E-state index is -0.167. The highest BCUT2D eigenvalue weighted by atomic mass is 32.1. The first-order valence-electron chi connectivity index (χ1n) is 8.70. The third-order valence-corrected chi connectivity index (χ3v) is 5.88. The Morgan fingerprint density at radius 1 is 1.16 bits per heavy atom. The van der Waals surface area contributed by atoms with Gasteiger partial charge >= 0.3 is 0 Å². The summed E-state index contributed by atoms with van der Waals surface area (Å²) in [6.07, 6.45) is 5.72. The van der Waals surface area contributed by atoms with Gasteiger partial charge in [-0.05, 0) is 56.4 Å². The average molecular weight is 351 g/mol. The molecule has 1 aromatic carbocycles. The molecule has 0 saturated heterocycles. The van der Waals surface area contributed by atoms with Crippen LogP contribution < -0.4 is 11.1 Å². The van der Waals surface area contributed by atoms with Crippen molar-refractivity contribution in [1.82, 2.24) is 4.98 Å². The van der Waals surface area contributed by atoms with E-state index >= 15 is 0 Å². The number of nitrogens with one attached hydrogen (secondary N) is 1. The molecule has 0 unspecified atom stereocenters. The second-order valence-corrected chi connectivity index (χ2v) is 7.67. The number of carbonyl (C=O) groups is 1. The first kappa shape index (κ1) is 16.1. The number of carbonyl (C=O) groups excluding carboxylic acids is 1. The molecular weight excluding hydrogens is 330 g/mol. The number of nitrogens with zero attached hydrogens (tertiary/aromatic N) is 1. The highest BCUT2D eigenvalue weighted by Crippen LogP contribution is 2.35. The van der Waals surface area contributed by atoms with E-state index < -0.39 is 0 Å². The fourth-order valence-corrected chi connectivity index (χ4v) is 4.32. The van der Waals surface area contributed by atoms with E-state index in [1.807, 2.05) is 31.2 Å². The Kier molecular flexibility index (Phi) is 4.17. The molecule has 0 radical (unpaired) electrons. The highest BCUT2D eigenvalue weighted by molar-refractivity contribution is 7.21. The summed E-state index contributed by atoms with van der Waals surface area (Å²) < 4.78 is 0. The van der Waals surface area contributed by atoms with Crippen LogP contribution >= 0.6 is 11.3 Å². The van der Waals surface area contributed by atoms with Gasteiger partial charge in [-0.2, -0.15) is 0 Å². The van der Waals surface area contributed by atoms with Gasteiger partial charge in [-0.15, -0.1) is 11.3 Å². The van der Waals surface area contributed by atoms with Crippen LogP contribution in [0, 0.1) is 6.92 Å². The zero-order chi connectivity index (χ0) is 17.4. The number of aryl methyl sites for hydroxylation is 3. The van der Waals surface area contributed by atoms with Crippen LogP contribution in [0.4, 0.5) is 11.4 Å². The van der Waals surface area contributed by atoms with Gasteiger partial charge in [0.25, 0.3) is 5.91 Å². The van der Waals surface area contributed by atoms with Crippen molar-refractivity contribution in [2.24, 2.45) is 0 Å². The van der Waals surface area contributed by atoms with E-state index in [0.29, 0.717) is 10.6 Å². The number of aromatic nitrogens is 1. The van der Waals surface area contributed by atoms with Gasteiger partial charge in [0, 0.05) is 16.8 Å². The van der Waals surface area contributed by atoms with Crippen LogP contribution in [0.25, 0.3) is 10.2 Å². The lowest BCUT2D eigenvalue weighted by atomic mass is 10.1. The van der Waals surface area contributed by atoms with Crippen molar-refractivity contribution < 1.29 is 4.79 Å². The molecule has 128 valence electrons. The van der Waals surface area contributed by atoms with E-state index in [1.165, 1.54) is 41.9 Å². The molecule has 25 heavy (non-hydrogen) atoms. The third kappa shape index (κ3) is 3.12. The maximum atomic E-state index is 12.7. The van der Waals surface area contributed by atoms with E-state index in [-0.39, 0.29) is 5.91 Å². The quantitative estimate of drug-likeness (QED) is 0.657.